The molecule has 0 saturated heterocycles. The number of H-pyrrole nitrogens is 1. The van der Waals surface area contributed by atoms with Gasteiger partial charge in [0.1, 0.15) is 5.82 Å². The Morgan fingerprint density at radius 2 is 1.93 bits per heavy atom. The Morgan fingerprint density at radius 1 is 1.23 bits per heavy atom. The van der Waals surface area contributed by atoms with Gasteiger partial charge in [-0.25, -0.2) is 9.38 Å². The summed E-state index contributed by atoms with van der Waals surface area (Å²) < 4.78 is 18.2. The summed E-state index contributed by atoms with van der Waals surface area (Å²) in [6, 6.07) is 14.1. The summed E-state index contributed by atoms with van der Waals surface area (Å²) in [5, 5.41) is 13.5. The number of hydrogen-bond acceptors (Lipinski definition) is 4. The van der Waals surface area contributed by atoms with Crippen molar-refractivity contribution >= 4 is 29.3 Å². The number of aliphatic imine (C=N–C) groups is 1. The van der Waals surface area contributed by atoms with Gasteiger partial charge >= 0.3 is 0 Å². The predicted molar refractivity (Wildman–Crippen MR) is 115 cm³/mol. The summed E-state index contributed by atoms with van der Waals surface area (Å²) in [4.78, 5) is 17.0. The number of ether oxygens (including phenoxy) is 1. The van der Waals surface area contributed by atoms with E-state index in [-0.39, 0.29) is 12.0 Å². The molecule has 3 rings (SSSR count). The van der Waals surface area contributed by atoms with Gasteiger partial charge in [0, 0.05) is 23.8 Å². The number of amides is 1. The average molecular weight is 430 g/mol. The largest absolute Gasteiger partial charge is 0.382 e. The van der Waals surface area contributed by atoms with Crippen LogP contribution in [0.4, 0.5) is 10.2 Å². The van der Waals surface area contributed by atoms with E-state index in [0.717, 1.165) is 11.3 Å². The molecule has 1 amide bonds. The SMILES string of the molecule is COC[C@H](C)N=C(NC(=O)c1ccc(F)cc1)Nc1cc(-c2ccc(Cl)cc2)[nH]n1. The zero-order valence-electron chi connectivity index (χ0n) is 16.4. The molecule has 1 aromatic heterocycles. The third-order valence-corrected chi connectivity index (χ3v) is 4.33. The maximum atomic E-state index is 13.1. The second-order valence-electron chi connectivity index (χ2n) is 6.54. The maximum Gasteiger partial charge on any atom is 0.257 e. The van der Waals surface area contributed by atoms with Crippen molar-refractivity contribution in [2.45, 2.75) is 13.0 Å². The minimum absolute atomic E-state index is 0.197. The lowest BCUT2D eigenvalue weighted by Crippen LogP contribution is -2.37. The molecule has 0 spiro atoms. The number of halogens is 2. The second kappa shape index (κ2) is 10.00. The first-order valence-electron chi connectivity index (χ1n) is 9.16. The van der Waals surface area contributed by atoms with Crippen LogP contribution in [0.3, 0.4) is 0 Å². The fourth-order valence-electron chi connectivity index (χ4n) is 2.66. The number of carbonyl (C=O) groups excluding carboxylic acids is 1. The Kier molecular flexibility index (Phi) is 7.16. The van der Waals surface area contributed by atoms with E-state index in [1.54, 1.807) is 25.3 Å². The zero-order valence-corrected chi connectivity index (χ0v) is 17.2. The first-order valence-corrected chi connectivity index (χ1v) is 9.54. The van der Waals surface area contributed by atoms with E-state index in [0.29, 0.717) is 23.0 Å². The molecule has 7 nitrogen and oxygen atoms in total. The van der Waals surface area contributed by atoms with Crippen molar-refractivity contribution in [3.05, 3.63) is 71.0 Å². The molecule has 0 radical (unpaired) electrons. The molecule has 3 aromatic rings. The highest BCUT2D eigenvalue weighted by molar-refractivity contribution is 6.30. The van der Waals surface area contributed by atoms with Gasteiger partial charge in [0.25, 0.3) is 5.91 Å². The Balaban J connectivity index is 1.78. The van der Waals surface area contributed by atoms with E-state index in [4.69, 9.17) is 16.3 Å². The van der Waals surface area contributed by atoms with Crippen molar-refractivity contribution in [2.24, 2.45) is 4.99 Å². The van der Waals surface area contributed by atoms with Gasteiger partial charge in [0.15, 0.2) is 5.82 Å². The smallest absolute Gasteiger partial charge is 0.257 e. The fraction of sp³-hybridized carbons (Fsp3) is 0.190. The first-order chi connectivity index (χ1) is 14.4. The molecule has 30 heavy (non-hydrogen) atoms. The lowest BCUT2D eigenvalue weighted by atomic mass is 10.1. The zero-order chi connectivity index (χ0) is 21.5. The average Bonchev–Trinajstić information content (AvgIpc) is 3.17. The maximum absolute atomic E-state index is 13.1. The standard InChI is InChI=1S/C21H21ClFN5O2/c1-13(12-30-2)24-21(26-20(29)15-5-9-17(23)10-6-15)25-19-11-18(27-28-19)14-3-7-16(22)8-4-14/h3-11,13H,12H2,1-2H3,(H3,24,25,26,27,28,29)/t13-/m0/s1. The number of methoxy groups -OCH3 is 1. The highest BCUT2D eigenvalue weighted by Crippen LogP contribution is 2.21. The quantitative estimate of drug-likeness (QED) is 0.406. The summed E-state index contributed by atoms with van der Waals surface area (Å²) in [5.74, 6) is -0.191. The van der Waals surface area contributed by atoms with Crippen molar-refractivity contribution in [3.63, 3.8) is 0 Å². The summed E-state index contributed by atoms with van der Waals surface area (Å²) in [7, 11) is 1.57. The minimum Gasteiger partial charge on any atom is -0.382 e. The molecule has 0 unspecified atom stereocenters. The third-order valence-electron chi connectivity index (χ3n) is 4.08. The van der Waals surface area contributed by atoms with Gasteiger partial charge in [-0.05, 0) is 48.9 Å². The van der Waals surface area contributed by atoms with Crippen molar-refractivity contribution in [3.8, 4) is 11.3 Å². The first kappa shape index (κ1) is 21.5. The van der Waals surface area contributed by atoms with Crippen LogP contribution < -0.4 is 10.6 Å². The molecular weight excluding hydrogens is 409 g/mol. The van der Waals surface area contributed by atoms with E-state index >= 15 is 0 Å². The number of rotatable bonds is 6. The molecule has 0 saturated carbocycles. The molecule has 0 fully saturated rings. The summed E-state index contributed by atoms with van der Waals surface area (Å²) in [6.45, 7) is 2.22. The van der Waals surface area contributed by atoms with Crippen molar-refractivity contribution in [2.75, 3.05) is 19.0 Å². The van der Waals surface area contributed by atoms with Crippen LogP contribution >= 0.6 is 11.6 Å². The van der Waals surface area contributed by atoms with Gasteiger partial charge in [-0.1, -0.05) is 23.7 Å². The van der Waals surface area contributed by atoms with Crippen LogP contribution in [0.15, 0.2) is 59.6 Å². The van der Waals surface area contributed by atoms with Gasteiger partial charge in [0.05, 0.1) is 18.3 Å². The van der Waals surface area contributed by atoms with E-state index < -0.39 is 11.7 Å². The molecule has 0 bridgehead atoms. The van der Waals surface area contributed by atoms with Crippen molar-refractivity contribution in [1.82, 2.24) is 15.5 Å². The Labute approximate surface area is 178 Å². The lowest BCUT2D eigenvalue weighted by Gasteiger charge is -2.12. The van der Waals surface area contributed by atoms with Crippen LogP contribution in [-0.4, -0.2) is 41.8 Å². The van der Waals surface area contributed by atoms with Crippen LogP contribution in [-0.2, 0) is 4.74 Å². The number of guanidine groups is 1. The normalized spacial score (nSPS) is 12.5. The highest BCUT2D eigenvalue weighted by atomic mass is 35.5. The van der Waals surface area contributed by atoms with Crippen molar-refractivity contribution in [1.29, 1.82) is 0 Å². The minimum atomic E-state index is -0.431. The number of benzene rings is 2. The van der Waals surface area contributed by atoms with Gasteiger partial charge in [-0.3, -0.25) is 15.2 Å². The number of carbonyl (C=O) groups is 1. The monoisotopic (exact) mass is 429 g/mol. The molecule has 156 valence electrons. The molecule has 2 aromatic carbocycles. The molecule has 1 atom stereocenters. The Morgan fingerprint density at radius 3 is 2.60 bits per heavy atom. The number of nitrogens with one attached hydrogen (secondary N) is 3. The summed E-state index contributed by atoms with van der Waals surface area (Å²) in [5.41, 5.74) is 1.97. The molecular formula is C21H21ClFN5O2. The Bertz CT molecular complexity index is 1020. The van der Waals surface area contributed by atoms with Crippen LogP contribution in [0, 0.1) is 5.82 Å². The molecule has 3 N–H and O–H groups in total. The molecule has 0 aliphatic rings. The lowest BCUT2D eigenvalue weighted by molar-refractivity contribution is 0.0976. The van der Waals surface area contributed by atoms with E-state index in [9.17, 15) is 9.18 Å². The number of aromatic nitrogens is 2. The fourth-order valence-corrected chi connectivity index (χ4v) is 2.79. The number of aromatic amines is 1. The van der Waals surface area contributed by atoms with Gasteiger partial charge in [-0.15, -0.1) is 0 Å². The second-order valence-corrected chi connectivity index (χ2v) is 6.98. The van der Waals surface area contributed by atoms with Crippen LogP contribution in [0.25, 0.3) is 11.3 Å². The summed E-state index contributed by atoms with van der Waals surface area (Å²) in [6.07, 6.45) is 0. The van der Waals surface area contributed by atoms with E-state index in [1.165, 1.54) is 24.3 Å². The van der Waals surface area contributed by atoms with E-state index in [2.05, 4.69) is 25.8 Å². The van der Waals surface area contributed by atoms with Gasteiger partial charge < -0.3 is 10.1 Å². The number of hydrogen-bond donors (Lipinski definition) is 3. The van der Waals surface area contributed by atoms with Gasteiger partial charge in [0.2, 0.25) is 5.96 Å². The number of anilines is 1. The summed E-state index contributed by atoms with van der Waals surface area (Å²) >= 11 is 5.93. The Hall–Kier alpha value is -3.23. The van der Waals surface area contributed by atoms with Crippen LogP contribution in [0.1, 0.15) is 17.3 Å². The third kappa shape index (κ3) is 5.88. The molecule has 0 aliphatic carbocycles. The van der Waals surface area contributed by atoms with Crippen LogP contribution in [0.5, 0.6) is 0 Å². The van der Waals surface area contributed by atoms with Crippen molar-refractivity contribution < 1.29 is 13.9 Å². The van der Waals surface area contributed by atoms with Crippen LogP contribution in [0.2, 0.25) is 5.02 Å². The van der Waals surface area contributed by atoms with Gasteiger partial charge in [-0.2, -0.15) is 5.10 Å². The molecule has 1 heterocycles. The molecule has 9 heteroatoms. The topological polar surface area (TPSA) is 91.4 Å². The van der Waals surface area contributed by atoms with E-state index in [1.807, 2.05) is 19.1 Å². The highest BCUT2D eigenvalue weighted by Gasteiger charge is 2.13. The molecule has 0 aliphatic heterocycles. The predicted octanol–water partition coefficient (Wildman–Crippen LogP) is 4.10. The number of nitrogens with zero attached hydrogens (tertiary/aromatic N) is 2.